The summed E-state index contributed by atoms with van der Waals surface area (Å²) in [5, 5.41) is 8.56. The first-order chi connectivity index (χ1) is 9.65. The van der Waals surface area contributed by atoms with Gasteiger partial charge < -0.3 is 5.32 Å². The van der Waals surface area contributed by atoms with Gasteiger partial charge in [0.05, 0.1) is 6.21 Å². The molecule has 0 saturated carbocycles. The Morgan fingerprint density at radius 1 is 1.15 bits per heavy atom. The average molecular weight is 308 g/mol. The van der Waals surface area contributed by atoms with Gasteiger partial charge in [0.25, 0.3) is 0 Å². The Kier molecular flexibility index (Phi) is 4.86. The second kappa shape index (κ2) is 6.83. The zero-order chi connectivity index (χ0) is 14.4. The van der Waals surface area contributed by atoms with Gasteiger partial charge in [-0.05, 0) is 35.7 Å². The van der Waals surface area contributed by atoms with E-state index in [1.165, 1.54) is 17.6 Å². The summed E-state index contributed by atoms with van der Waals surface area (Å²) in [6, 6.07) is 10.1. The largest absolute Gasteiger partial charge is 0.329 e. The Labute approximate surface area is 124 Å². The van der Waals surface area contributed by atoms with E-state index in [0.29, 0.717) is 10.7 Å². The van der Waals surface area contributed by atoms with Crippen molar-refractivity contribution in [2.24, 2.45) is 5.10 Å². The predicted octanol–water partition coefficient (Wildman–Crippen LogP) is 2.49. The second-order valence-electron chi connectivity index (χ2n) is 3.68. The first-order valence-electron chi connectivity index (χ1n) is 5.58. The Morgan fingerprint density at radius 2 is 1.90 bits per heavy atom. The number of nitrogens with zero attached hydrogens (tertiary/aromatic N) is 1. The summed E-state index contributed by atoms with van der Waals surface area (Å²) < 4.78 is 0. The molecule has 20 heavy (non-hydrogen) atoms. The number of amides is 2. The molecule has 1 heterocycles. The number of benzene rings is 1. The molecule has 0 bridgehead atoms. The van der Waals surface area contributed by atoms with Crippen LogP contribution in [-0.2, 0) is 9.59 Å². The highest BCUT2D eigenvalue weighted by Crippen LogP contribution is 2.13. The van der Waals surface area contributed by atoms with Crippen molar-refractivity contribution >= 4 is 46.7 Å². The number of hydrogen-bond donors (Lipinski definition) is 2. The van der Waals surface area contributed by atoms with E-state index in [-0.39, 0.29) is 0 Å². The fourth-order valence-corrected chi connectivity index (χ4v) is 2.00. The maximum Gasteiger partial charge on any atom is 0.329 e. The molecule has 0 atom stereocenters. The molecule has 1 aromatic heterocycles. The summed E-state index contributed by atoms with van der Waals surface area (Å²) in [6.45, 7) is 0. The number of thiophene rings is 1. The SMILES string of the molecule is O=C(N/N=C/c1cccs1)C(=O)Nc1ccc(Cl)cc1. The van der Waals surface area contributed by atoms with Crippen LogP contribution in [0.5, 0.6) is 0 Å². The van der Waals surface area contributed by atoms with E-state index < -0.39 is 11.8 Å². The average Bonchev–Trinajstić information content (AvgIpc) is 2.94. The van der Waals surface area contributed by atoms with Crippen LogP contribution < -0.4 is 10.7 Å². The third-order valence-electron chi connectivity index (χ3n) is 2.21. The number of anilines is 1. The lowest BCUT2D eigenvalue weighted by Gasteiger charge is -2.03. The molecule has 7 heteroatoms. The van der Waals surface area contributed by atoms with Crippen molar-refractivity contribution in [1.29, 1.82) is 0 Å². The molecule has 2 N–H and O–H groups in total. The van der Waals surface area contributed by atoms with Crippen LogP contribution in [0.4, 0.5) is 5.69 Å². The van der Waals surface area contributed by atoms with Crippen LogP contribution in [0.25, 0.3) is 0 Å². The van der Waals surface area contributed by atoms with Crippen LogP contribution in [-0.4, -0.2) is 18.0 Å². The Bertz CT molecular complexity index is 624. The highest BCUT2D eigenvalue weighted by molar-refractivity contribution is 7.11. The van der Waals surface area contributed by atoms with Gasteiger partial charge >= 0.3 is 11.8 Å². The molecule has 0 saturated heterocycles. The lowest BCUT2D eigenvalue weighted by atomic mass is 10.3. The predicted molar refractivity (Wildman–Crippen MR) is 80.1 cm³/mol. The number of hydrogen-bond acceptors (Lipinski definition) is 4. The summed E-state index contributed by atoms with van der Waals surface area (Å²) in [7, 11) is 0. The highest BCUT2D eigenvalue weighted by atomic mass is 35.5. The number of hydrazone groups is 1. The maximum atomic E-state index is 11.6. The van der Waals surface area contributed by atoms with Crippen molar-refractivity contribution in [1.82, 2.24) is 5.43 Å². The summed E-state index contributed by atoms with van der Waals surface area (Å²) in [4.78, 5) is 23.9. The third-order valence-corrected chi connectivity index (χ3v) is 3.27. The van der Waals surface area contributed by atoms with Gasteiger partial charge in [0.1, 0.15) is 0 Å². The van der Waals surface area contributed by atoms with Crippen molar-refractivity contribution in [3.8, 4) is 0 Å². The molecule has 0 fully saturated rings. The topological polar surface area (TPSA) is 70.6 Å². The lowest BCUT2D eigenvalue weighted by Crippen LogP contribution is -2.32. The van der Waals surface area contributed by atoms with Crippen LogP contribution in [0.1, 0.15) is 4.88 Å². The molecular formula is C13H10ClN3O2S. The van der Waals surface area contributed by atoms with Gasteiger partial charge in [0, 0.05) is 15.6 Å². The zero-order valence-electron chi connectivity index (χ0n) is 10.2. The van der Waals surface area contributed by atoms with E-state index in [1.807, 2.05) is 17.5 Å². The smallest absolute Gasteiger partial charge is 0.318 e. The molecule has 102 valence electrons. The number of halogens is 1. The summed E-state index contributed by atoms with van der Waals surface area (Å²) in [5.74, 6) is -1.64. The number of rotatable bonds is 3. The zero-order valence-corrected chi connectivity index (χ0v) is 11.7. The van der Waals surface area contributed by atoms with Crippen molar-refractivity contribution in [3.05, 3.63) is 51.7 Å². The molecular weight excluding hydrogens is 298 g/mol. The van der Waals surface area contributed by atoms with Crippen LogP contribution in [0.3, 0.4) is 0 Å². The van der Waals surface area contributed by atoms with E-state index in [1.54, 1.807) is 24.3 Å². The first-order valence-corrected chi connectivity index (χ1v) is 6.84. The summed E-state index contributed by atoms with van der Waals surface area (Å²) in [6.07, 6.45) is 1.47. The van der Waals surface area contributed by atoms with Gasteiger partial charge in [0.2, 0.25) is 0 Å². The fourth-order valence-electron chi connectivity index (χ4n) is 1.29. The second-order valence-corrected chi connectivity index (χ2v) is 5.09. The quantitative estimate of drug-likeness (QED) is 0.519. The summed E-state index contributed by atoms with van der Waals surface area (Å²) >= 11 is 7.19. The minimum Gasteiger partial charge on any atom is -0.318 e. The molecule has 0 unspecified atom stereocenters. The summed E-state index contributed by atoms with van der Waals surface area (Å²) in [5.41, 5.74) is 2.63. The van der Waals surface area contributed by atoms with Gasteiger partial charge in [-0.3, -0.25) is 9.59 Å². The number of carbonyl (C=O) groups is 2. The van der Waals surface area contributed by atoms with E-state index >= 15 is 0 Å². The molecule has 0 radical (unpaired) electrons. The standard InChI is InChI=1S/C13H10ClN3O2S/c14-9-3-5-10(6-4-9)16-12(18)13(19)17-15-8-11-2-1-7-20-11/h1-8H,(H,16,18)(H,17,19)/b15-8+. The minimum atomic E-state index is -0.840. The van der Waals surface area contributed by atoms with Gasteiger partial charge in [-0.15, -0.1) is 11.3 Å². The minimum absolute atomic E-state index is 0.483. The van der Waals surface area contributed by atoms with Gasteiger partial charge in [-0.1, -0.05) is 17.7 Å². The monoisotopic (exact) mass is 307 g/mol. The van der Waals surface area contributed by atoms with Gasteiger partial charge in [-0.25, -0.2) is 5.43 Å². The molecule has 5 nitrogen and oxygen atoms in total. The highest BCUT2D eigenvalue weighted by Gasteiger charge is 2.12. The maximum absolute atomic E-state index is 11.6. The number of nitrogens with one attached hydrogen (secondary N) is 2. The van der Waals surface area contributed by atoms with Crippen LogP contribution >= 0.6 is 22.9 Å². The molecule has 0 aliphatic rings. The van der Waals surface area contributed by atoms with E-state index in [4.69, 9.17) is 11.6 Å². The van der Waals surface area contributed by atoms with Gasteiger partial charge in [0.15, 0.2) is 0 Å². The van der Waals surface area contributed by atoms with Crippen molar-refractivity contribution in [3.63, 3.8) is 0 Å². The molecule has 0 aliphatic carbocycles. The molecule has 2 amide bonds. The molecule has 0 aliphatic heterocycles. The number of carbonyl (C=O) groups excluding carboxylic acids is 2. The van der Waals surface area contributed by atoms with E-state index in [2.05, 4.69) is 15.8 Å². The van der Waals surface area contributed by atoms with Crippen molar-refractivity contribution < 1.29 is 9.59 Å². The van der Waals surface area contributed by atoms with Crippen LogP contribution in [0.15, 0.2) is 46.9 Å². The fraction of sp³-hybridized carbons (Fsp3) is 0. The molecule has 0 spiro atoms. The van der Waals surface area contributed by atoms with Crippen molar-refractivity contribution in [2.45, 2.75) is 0 Å². The first kappa shape index (κ1) is 14.2. The van der Waals surface area contributed by atoms with Crippen molar-refractivity contribution in [2.75, 3.05) is 5.32 Å². The van der Waals surface area contributed by atoms with E-state index in [0.717, 1.165) is 4.88 Å². The van der Waals surface area contributed by atoms with E-state index in [9.17, 15) is 9.59 Å². The Hall–Kier alpha value is -2.18. The normalized spacial score (nSPS) is 10.4. The molecule has 2 aromatic rings. The van der Waals surface area contributed by atoms with Gasteiger partial charge in [-0.2, -0.15) is 5.10 Å². The lowest BCUT2D eigenvalue weighted by molar-refractivity contribution is -0.136. The molecule has 1 aromatic carbocycles. The Balaban J connectivity index is 1.86. The molecule has 2 rings (SSSR count). The third kappa shape index (κ3) is 4.18. The Morgan fingerprint density at radius 3 is 2.55 bits per heavy atom. The van der Waals surface area contributed by atoms with Crippen LogP contribution in [0, 0.1) is 0 Å². The van der Waals surface area contributed by atoms with Crippen LogP contribution in [0.2, 0.25) is 5.02 Å².